The van der Waals surface area contributed by atoms with Gasteiger partial charge in [-0.25, -0.2) is 8.42 Å². The highest BCUT2D eigenvalue weighted by Gasteiger charge is 2.32. The smallest absolute Gasteiger partial charge is 0.279 e. The number of carbonyl (C=O) groups excluding carboxylic acids is 1. The highest BCUT2D eigenvalue weighted by molar-refractivity contribution is 7.89. The molecule has 1 aliphatic rings. The van der Waals surface area contributed by atoms with E-state index in [4.69, 9.17) is 21.1 Å². The van der Waals surface area contributed by atoms with Crippen molar-refractivity contribution in [2.45, 2.75) is 44.4 Å². The molecule has 2 heterocycles. The normalized spacial score (nSPS) is 19.9. The molecule has 2 atom stereocenters. The molecule has 0 bridgehead atoms. The lowest BCUT2D eigenvalue weighted by Crippen LogP contribution is -2.48. The monoisotopic (exact) mass is 537 g/mol. The summed E-state index contributed by atoms with van der Waals surface area (Å²) in [7, 11) is -3.69. The molecule has 1 fully saturated rings. The van der Waals surface area contributed by atoms with Crippen LogP contribution in [0.3, 0.4) is 0 Å². The first kappa shape index (κ1) is 26.0. The quantitative estimate of drug-likeness (QED) is 0.426. The molecule has 2 unspecified atom stereocenters. The van der Waals surface area contributed by atoms with E-state index in [2.05, 4.69) is 4.99 Å². The van der Waals surface area contributed by atoms with Gasteiger partial charge >= 0.3 is 0 Å². The van der Waals surface area contributed by atoms with Gasteiger partial charge in [0.2, 0.25) is 10.0 Å². The Balaban J connectivity index is 1.63. The number of fused-ring (bicyclic) bond motifs is 1. The highest BCUT2D eigenvalue weighted by atomic mass is 35.5. The third-order valence-corrected chi connectivity index (χ3v) is 8.83. The molecule has 1 amide bonds. The first-order valence-corrected chi connectivity index (χ1v) is 14.0. The second kappa shape index (κ2) is 10.9. The summed E-state index contributed by atoms with van der Waals surface area (Å²) in [6.45, 7) is 7.74. The second-order valence-electron chi connectivity index (χ2n) is 8.34. The lowest BCUT2D eigenvalue weighted by atomic mass is 10.2. The summed E-state index contributed by atoms with van der Waals surface area (Å²) in [6.07, 6.45) is -0.366. The van der Waals surface area contributed by atoms with Crippen molar-refractivity contribution in [1.29, 1.82) is 0 Å². The van der Waals surface area contributed by atoms with E-state index in [1.54, 1.807) is 6.07 Å². The number of thiazole rings is 1. The first-order chi connectivity index (χ1) is 16.7. The molecule has 0 N–H and O–H groups in total. The van der Waals surface area contributed by atoms with Crippen molar-refractivity contribution in [1.82, 2.24) is 8.87 Å². The molecule has 188 valence electrons. The van der Waals surface area contributed by atoms with Gasteiger partial charge in [0.1, 0.15) is 0 Å². The first-order valence-electron chi connectivity index (χ1n) is 11.4. The molecule has 0 radical (unpaired) electrons. The van der Waals surface area contributed by atoms with E-state index in [0.717, 1.165) is 10.2 Å². The third kappa shape index (κ3) is 5.68. The number of amides is 1. The lowest BCUT2D eigenvalue weighted by Gasteiger charge is -2.34. The fraction of sp³-hybridized carbons (Fsp3) is 0.417. The zero-order valence-corrected chi connectivity index (χ0v) is 22.2. The fourth-order valence-corrected chi connectivity index (χ4v) is 7.08. The van der Waals surface area contributed by atoms with Crippen LogP contribution in [0.4, 0.5) is 0 Å². The molecule has 0 spiro atoms. The summed E-state index contributed by atoms with van der Waals surface area (Å²) < 4.78 is 41.5. The van der Waals surface area contributed by atoms with Crippen LogP contribution in [0.5, 0.6) is 0 Å². The van der Waals surface area contributed by atoms with Crippen molar-refractivity contribution < 1.29 is 22.7 Å². The average molecular weight is 538 g/mol. The Morgan fingerprint density at radius 2 is 1.86 bits per heavy atom. The topological polar surface area (TPSA) is 90.2 Å². The number of benzene rings is 2. The van der Waals surface area contributed by atoms with Gasteiger partial charge in [0.05, 0.1) is 38.9 Å². The van der Waals surface area contributed by atoms with Gasteiger partial charge < -0.3 is 14.0 Å². The molecule has 1 saturated heterocycles. The largest absolute Gasteiger partial charge is 0.380 e. The number of sulfonamides is 1. The molecule has 1 aliphatic heterocycles. The van der Waals surface area contributed by atoms with Gasteiger partial charge in [0, 0.05) is 31.8 Å². The molecule has 3 aromatic rings. The molecule has 8 nitrogen and oxygen atoms in total. The highest BCUT2D eigenvalue weighted by Crippen LogP contribution is 2.26. The zero-order valence-electron chi connectivity index (χ0n) is 19.8. The molecule has 4 rings (SSSR count). The molecular formula is C24H28ClN3O5S2. The van der Waals surface area contributed by atoms with E-state index >= 15 is 0 Å². The lowest BCUT2D eigenvalue weighted by molar-refractivity contribution is -0.0440. The number of rotatable bonds is 7. The Hall–Kier alpha value is -2.08. The molecular weight excluding hydrogens is 510 g/mol. The van der Waals surface area contributed by atoms with Gasteiger partial charge in [-0.05, 0) is 57.2 Å². The minimum Gasteiger partial charge on any atom is -0.380 e. The molecule has 35 heavy (non-hydrogen) atoms. The maximum atomic E-state index is 13.1. The minimum atomic E-state index is -3.69. The maximum Gasteiger partial charge on any atom is 0.279 e. The Morgan fingerprint density at radius 1 is 1.17 bits per heavy atom. The zero-order chi connectivity index (χ0) is 25.2. The molecule has 2 aromatic carbocycles. The molecule has 0 aliphatic carbocycles. The third-order valence-electron chi connectivity index (χ3n) is 5.64. The number of halogens is 1. The average Bonchev–Trinajstić information content (AvgIpc) is 3.17. The number of hydrogen-bond donors (Lipinski definition) is 0. The Kier molecular flexibility index (Phi) is 8.09. The van der Waals surface area contributed by atoms with E-state index in [0.29, 0.717) is 48.2 Å². The van der Waals surface area contributed by atoms with Crippen molar-refractivity contribution in [2.75, 3.05) is 26.3 Å². The van der Waals surface area contributed by atoms with Gasteiger partial charge in [0.15, 0.2) is 4.80 Å². The van der Waals surface area contributed by atoms with Crippen LogP contribution in [0.2, 0.25) is 5.02 Å². The predicted octanol–water partition coefficient (Wildman–Crippen LogP) is 3.93. The Labute approximate surface area is 213 Å². The van der Waals surface area contributed by atoms with E-state index < -0.39 is 15.9 Å². The summed E-state index contributed by atoms with van der Waals surface area (Å²) in [5.74, 6) is -0.463. The van der Waals surface area contributed by atoms with Gasteiger partial charge in [0.25, 0.3) is 5.91 Å². The van der Waals surface area contributed by atoms with Crippen molar-refractivity contribution in [3.63, 3.8) is 0 Å². The van der Waals surface area contributed by atoms with E-state index in [1.807, 2.05) is 37.5 Å². The summed E-state index contributed by atoms with van der Waals surface area (Å²) in [6, 6.07) is 11.5. The van der Waals surface area contributed by atoms with Crippen LogP contribution in [0, 0.1) is 0 Å². The summed E-state index contributed by atoms with van der Waals surface area (Å²) >= 11 is 7.80. The van der Waals surface area contributed by atoms with Crippen LogP contribution < -0.4 is 4.80 Å². The molecule has 1 aromatic heterocycles. The van der Waals surface area contributed by atoms with Crippen molar-refractivity contribution in [2.24, 2.45) is 4.99 Å². The number of ether oxygens (including phenoxy) is 2. The van der Waals surface area contributed by atoms with E-state index in [9.17, 15) is 13.2 Å². The van der Waals surface area contributed by atoms with Gasteiger partial charge in [-0.15, -0.1) is 0 Å². The maximum absolute atomic E-state index is 13.1. The van der Waals surface area contributed by atoms with Crippen LogP contribution in [0.1, 0.15) is 31.1 Å². The Morgan fingerprint density at radius 3 is 2.51 bits per heavy atom. The molecule has 11 heteroatoms. The number of para-hydroxylation sites is 1. The van der Waals surface area contributed by atoms with Crippen LogP contribution in [-0.4, -0.2) is 61.7 Å². The Bertz CT molecular complexity index is 1370. The SMILES string of the molecule is CCOCCn1c(=NC(=O)c2ccc(S(=O)(=O)N3CC(C)OC(C)C3)cc2)sc2cccc(Cl)c21. The number of aromatic nitrogens is 1. The number of hydrogen-bond acceptors (Lipinski definition) is 6. The van der Waals surface area contributed by atoms with Gasteiger partial charge in [-0.1, -0.05) is 29.0 Å². The van der Waals surface area contributed by atoms with Crippen LogP contribution in [-0.2, 0) is 26.0 Å². The van der Waals surface area contributed by atoms with Crippen LogP contribution in [0.15, 0.2) is 52.4 Å². The summed E-state index contributed by atoms with van der Waals surface area (Å²) in [4.78, 5) is 18.0. The predicted molar refractivity (Wildman–Crippen MR) is 136 cm³/mol. The van der Waals surface area contributed by atoms with Crippen LogP contribution in [0.25, 0.3) is 10.2 Å². The summed E-state index contributed by atoms with van der Waals surface area (Å²) in [5.41, 5.74) is 1.11. The van der Waals surface area contributed by atoms with Crippen molar-refractivity contribution >= 4 is 49.1 Å². The van der Waals surface area contributed by atoms with Crippen molar-refractivity contribution in [3.8, 4) is 0 Å². The van der Waals surface area contributed by atoms with E-state index in [1.165, 1.54) is 39.9 Å². The number of nitrogens with zero attached hydrogens (tertiary/aromatic N) is 3. The number of carbonyl (C=O) groups is 1. The minimum absolute atomic E-state index is 0.135. The van der Waals surface area contributed by atoms with Crippen LogP contribution >= 0.6 is 22.9 Å². The van der Waals surface area contributed by atoms with Crippen molar-refractivity contribution in [3.05, 3.63) is 57.9 Å². The number of morpholine rings is 1. The van der Waals surface area contributed by atoms with Gasteiger partial charge in [-0.3, -0.25) is 4.79 Å². The van der Waals surface area contributed by atoms with Gasteiger partial charge in [-0.2, -0.15) is 9.30 Å². The standard InChI is InChI=1S/C24H28ClN3O5S2/c1-4-32-13-12-28-22-20(25)6-5-7-21(22)34-24(28)26-23(29)18-8-10-19(11-9-18)35(30,31)27-14-16(2)33-17(3)15-27/h5-11,16-17H,4,12-15H2,1-3H3. The van der Waals surface area contributed by atoms with E-state index in [-0.39, 0.29) is 17.1 Å². The second-order valence-corrected chi connectivity index (χ2v) is 11.7. The fourth-order valence-electron chi connectivity index (χ4n) is 4.08. The molecule has 0 saturated carbocycles. The summed E-state index contributed by atoms with van der Waals surface area (Å²) in [5, 5.41) is 0.574.